The molecule has 29 heavy (non-hydrogen) atoms. The summed E-state index contributed by atoms with van der Waals surface area (Å²) in [6.07, 6.45) is 1.48. The first kappa shape index (κ1) is 19.2. The normalized spacial score (nSPS) is 17.4. The Morgan fingerprint density at radius 2 is 1.79 bits per heavy atom. The molecule has 2 aromatic carbocycles. The lowest BCUT2D eigenvalue weighted by molar-refractivity contribution is -0.133. The number of likely N-dealkylation sites (tertiary alicyclic amines) is 1. The number of carbonyl (C=O) groups excluding carboxylic acids is 3. The first-order chi connectivity index (χ1) is 14.1. The molecule has 0 spiro atoms. The number of cyclic esters (lactones) is 1. The zero-order valence-corrected chi connectivity index (χ0v) is 16.3. The molecular formula is C22H25N3O4. The van der Waals surface area contributed by atoms with Crippen LogP contribution in [-0.4, -0.2) is 66.5 Å². The fourth-order valence-electron chi connectivity index (χ4n) is 4.05. The number of carbonyl (C=O) groups is 3. The quantitative estimate of drug-likeness (QED) is 0.839. The van der Waals surface area contributed by atoms with Gasteiger partial charge in [0.2, 0.25) is 11.8 Å². The summed E-state index contributed by atoms with van der Waals surface area (Å²) in [7, 11) is 0. The molecule has 152 valence electrons. The van der Waals surface area contributed by atoms with Crippen LogP contribution in [0.15, 0.2) is 42.5 Å². The summed E-state index contributed by atoms with van der Waals surface area (Å²) in [4.78, 5) is 39.9. The molecule has 7 heteroatoms. The Morgan fingerprint density at radius 3 is 2.52 bits per heavy atom. The molecule has 2 fully saturated rings. The van der Waals surface area contributed by atoms with E-state index in [0.717, 1.165) is 29.2 Å². The van der Waals surface area contributed by atoms with Gasteiger partial charge in [0.25, 0.3) is 0 Å². The van der Waals surface area contributed by atoms with E-state index in [1.54, 1.807) is 9.80 Å². The molecule has 2 aliphatic rings. The lowest BCUT2D eigenvalue weighted by Crippen LogP contribution is -2.49. The predicted molar refractivity (Wildman–Crippen MR) is 108 cm³/mol. The molecule has 7 nitrogen and oxygen atoms in total. The second-order valence-corrected chi connectivity index (χ2v) is 7.55. The van der Waals surface area contributed by atoms with Crippen molar-refractivity contribution in [1.82, 2.24) is 15.1 Å². The van der Waals surface area contributed by atoms with Crippen molar-refractivity contribution in [3.8, 4) is 0 Å². The fourth-order valence-corrected chi connectivity index (χ4v) is 4.05. The second-order valence-electron chi connectivity index (χ2n) is 7.55. The van der Waals surface area contributed by atoms with Crippen LogP contribution >= 0.6 is 0 Å². The highest BCUT2D eigenvalue weighted by Gasteiger charge is 2.33. The Hall–Kier alpha value is -3.09. The van der Waals surface area contributed by atoms with Crippen molar-refractivity contribution in [2.75, 3.05) is 32.8 Å². The van der Waals surface area contributed by atoms with Gasteiger partial charge in [-0.3, -0.25) is 9.59 Å². The van der Waals surface area contributed by atoms with Gasteiger partial charge in [-0.1, -0.05) is 42.5 Å². The second kappa shape index (κ2) is 8.51. The number of rotatable bonds is 5. The number of nitrogens with one attached hydrogen (secondary N) is 1. The van der Waals surface area contributed by atoms with Crippen LogP contribution in [0.2, 0.25) is 0 Å². The summed E-state index contributed by atoms with van der Waals surface area (Å²) in [5.74, 6) is -0.248. The molecule has 0 radical (unpaired) electrons. The van der Waals surface area contributed by atoms with Gasteiger partial charge in [0, 0.05) is 19.1 Å². The van der Waals surface area contributed by atoms with E-state index in [1.807, 2.05) is 42.5 Å². The van der Waals surface area contributed by atoms with Crippen molar-refractivity contribution in [2.24, 2.45) is 0 Å². The maximum absolute atomic E-state index is 12.4. The zero-order valence-electron chi connectivity index (χ0n) is 16.3. The standard InChI is InChI=1S/C22H25N3O4/c26-20(14-16-5-6-17-3-1-2-4-18(17)13-16)23-15-21(27)24-9-7-19(8-10-24)25-11-12-29-22(25)28/h1-6,13,19H,7-12,14-15H2,(H,23,26). The van der Waals surface area contributed by atoms with Crippen molar-refractivity contribution < 1.29 is 19.1 Å². The maximum Gasteiger partial charge on any atom is 0.410 e. The fraction of sp³-hybridized carbons (Fsp3) is 0.409. The topological polar surface area (TPSA) is 79.0 Å². The van der Waals surface area contributed by atoms with E-state index in [-0.39, 0.29) is 36.9 Å². The lowest BCUT2D eigenvalue weighted by atomic mass is 10.0. The molecule has 4 rings (SSSR count). The van der Waals surface area contributed by atoms with Crippen LogP contribution in [0.25, 0.3) is 10.8 Å². The zero-order chi connectivity index (χ0) is 20.2. The van der Waals surface area contributed by atoms with E-state index in [0.29, 0.717) is 26.2 Å². The first-order valence-corrected chi connectivity index (χ1v) is 10.1. The molecule has 0 bridgehead atoms. The summed E-state index contributed by atoms with van der Waals surface area (Å²) in [5.41, 5.74) is 0.923. The van der Waals surface area contributed by atoms with E-state index >= 15 is 0 Å². The van der Waals surface area contributed by atoms with Gasteiger partial charge >= 0.3 is 6.09 Å². The Balaban J connectivity index is 1.23. The van der Waals surface area contributed by atoms with Crippen LogP contribution < -0.4 is 5.32 Å². The van der Waals surface area contributed by atoms with Crippen molar-refractivity contribution >= 4 is 28.7 Å². The minimum Gasteiger partial charge on any atom is -0.448 e. The monoisotopic (exact) mass is 395 g/mol. The number of hydrogen-bond acceptors (Lipinski definition) is 4. The van der Waals surface area contributed by atoms with Crippen molar-refractivity contribution in [1.29, 1.82) is 0 Å². The smallest absolute Gasteiger partial charge is 0.410 e. The molecule has 0 unspecified atom stereocenters. The van der Waals surface area contributed by atoms with Gasteiger partial charge in [-0.2, -0.15) is 0 Å². The van der Waals surface area contributed by atoms with Crippen LogP contribution in [-0.2, 0) is 20.7 Å². The maximum atomic E-state index is 12.4. The molecule has 0 aromatic heterocycles. The molecule has 0 atom stereocenters. The van der Waals surface area contributed by atoms with Crippen LogP contribution in [0, 0.1) is 0 Å². The molecule has 2 aromatic rings. The Bertz CT molecular complexity index is 921. The Labute approximate surface area is 169 Å². The summed E-state index contributed by atoms with van der Waals surface area (Å²) >= 11 is 0. The summed E-state index contributed by atoms with van der Waals surface area (Å²) < 4.78 is 4.99. The highest BCUT2D eigenvalue weighted by Crippen LogP contribution is 2.20. The third kappa shape index (κ3) is 4.50. The molecule has 3 amide bonds. The summed E-state index contributed by atoms with van der Waals surface area (Å²) in [6, 6.07) is 14.1. The van der Waals surface area contributed by atoms with E-state index in [9.17, 15) is 14.4 Å². The lowest BCUT2D eigenvalue weighted by Gasteiger charge is -2.35. The average molecular weight is 395 g/mol. The van der Waals surface area contributed by atoms with Gasteiger partial charge in [0.1, 0.15) is 6.61 Å². The van der Waals surface area contributed by atoms with E-state index in [2.05, 4.69) is 5.32 Å². The third-order valence-corrected chi connectivity index (χ3v) is 5.67. The Morgan fingerprint density at radius 1 is 1.03 bits per heavy atom. The van der Waals surface area contributed by atoms with Gasteiger partial charge in [-0.05, 0) is 29.2 Å². The highest BCUT2D eigenvalue weighted by molar-refractivity contribution is 5.87. The average Bonchev–Trinajstić information content (AvgIpc) is 3.18. The summed E-state index contributed by atoms with van der Waals surface area (Å²) in [6.45, 7) is 2.26. The first-order valence-electron chi connectivity index (χ1n) is 10.1. The number of ether oxygens (including phenoxy) is 1. The van der Waals surface area contributed by atoms with Crippen LogP contribution in [0.4, 0.5) is 4.79 Å². The van der Waals surface area contributed by atoms with Gasteiger partial charge < -0.3 is 19.9 Å². The number of benzene rings is 2. The van der Waals surface area contributed by atoms with Gasteiger partial charge in [-0.15, -0.1) is 0 Å². The van der Waals surface area contributed by atoms with Crippen molar-refractivity contribution in [2.45, 2.75) is 25.3 Å². The predicted octanol–water partition coefficient (Wildman–Crippen LogP) is 1.94. The van der Waals surface area contributed by atoms with Crippen molar-refractivity contribution in [3.05, 3.63) is 48.0 Å². The minimum atomic E-state index is -0.254. The number of hydrogen-bond donors (Lipinski definition) is 1. The number of fused-ring (bicyclic) bond motifs is 1. The number of amides is 3. The molecule has 0 aliphatic carbocycles. The van der Waals surface area contributed by atoms with Crippen LogP contribution in [0.1, 0.15) is 18.4 Å². The van der Waals surface area contributed by atoms with Gasteiger partial charge in [0.15, 0.2) is 0 Å². The molecule has 2 saturated heterocycles. The number of piperidine rings is 1. The van der Waals surface area contributed by atoms with E-state index < -0.39 is 0 Å². The molecular weight excluding hydrogens is 370 g/mol. The van der Waals surface area contributed by atoms with Crippen molar-refractivity contribution in [3.63, 3.8) is 0 Å². The molecule has 0 saturated carbocycles. The van der Waals surface area contributed by atoms with Crippen LogP contribution in [0.3, 0.4) is 0 Å². The highest BCUT2D eigenvalue weighted by atomic mass is 16.6. The summed E-state index contributed by atoms with van der Waals surface area (Å²) in [5, 5.41) is 4.97. The number of nitrogens with zero attached hydrogens (tertiary/aromatic N) is 2. The molecule has 1 N–H and O–H groups in total. The molecule has 2 heterocycles. The third-order valence-electron chi connectivity index (χ3n) is 5.67. The Kier molecular flexibility index (Phi) is 5.64. The van der Waals surface area contributed by atoms with E-state index in [1.165, 1.54) is 0 Å². The minimum absolute atomic E-state index is 0.00281. The van der Waals surface area contributed by atoms with Gasteiger partial charge in [0.05, 0.1) is 19.5 Å². The largest absolute Gasteiger partial charge is 0.448 e. The SMILES string of the molecule is O=C(Cc1ccc2ccccc2c1)NCC(=O)N1CCC(N2CCOC2=O)CC1. The molecule has 2 aliphatic heterocycles. The van der Waals surface area contributed by atoms with Gasteiger partial charge in [-0.25, -0.2) is 4.79 Å². The van der Waals surface area contributed by atoms with Crippen LogP contribution in [0.5, 0.6) is 0 Å². The van der Waals surface area contributed by atoms with E-state index in [4.69, 9.17) is 4.74 Å².